The molecule has 6 heteroatoms. The molecule has 0 spiro atoms. The number of hydrogen-bond donors (Lipinski definition) is 1. The highest BCUT2D eigenvalue weighted by Gasteiger charge is 2.35. The first kappa shape index (κ1) is 16.0. The monoisotopic (exact) mass is 308 g/mol. The molecule has 1 aliphatic heterocycles. The summed E-state index contributed by atoms with van der Waals surface area (Å²) in [6.45, 7) is 3.13. The Kier molecular flexibility index (Phi) is 5.34. The maximum Gasteiger partial charge on any atom is 0.214 e. The van der Waals surface area contributed by atoms with Crippen LogP contribution in [0.5, 0.6) is 0 Å². The van der Waals surface area contributed by atoms with E-state index in [1.54, 1.807) is 19.1 Å². The zero-order valence-corrected chi connectivity index (χ0v) is 12.9. The summed E-state index contributed by atoms with van der Waals surface area (Å²) < 4.78 is 32.6. The Labute approximate surface area is 126 Å². The van der Waals surface area contributed by atoms with Crippen LogP contribution in [0, 0.1) is 17.2 Å². The lowest BCUT2D eigenvalue weighted by atomic mass is 9.93. The molecule has 114 valence electrons. The maximum atomic E-state index is 12.3. The summed E-state index contributed by atoms with van der Waals surface area (Å²) in [5.74, 6) is -0.0595. The number of rotatable bonds is 5. The number of sulfonamides is 1. The molecule has 1 aliphatic rings. The second kappa shape index (κ2) is 7.03. The largest absolute Gasteiger partial charge is 0.381 e. The van der Waals surface area contributed by atoms with E-state index in [1.807, 2.05) is 12.1 Å². The average Bonchev–Trinajstić information content (AvgIpc) is 2.48. The van der Waals surface area contributed by atoms with Crippen molar-refractivity contribution >= 4 is 10.0 Å². The van der Waals surface area contributed by atoms with Crippen molar-refractivity contribution in [3.63, 3.8) is 0 Å². The Bertz CT molecular complexity index is 605. The first-order chi connectivity index (χ1) is 10.1. The first-order valence-electron chi connectivity index (χ1n) is 7.12. The fourth-order valence-corrected chi connectivity index (χ4v) is 4.41. The van der Waals surface area contributed by atoms with Gasteiger partial charge < -0.3 is 4.74 Å². The van der Waals surface area contributed by atoms with E-state index in [0.717, 1.165) is 5.56 Å². The first-order valence-corrected chi connectivity index (χ1v) is 8.66. The Morgan fingerprint density at radius 1 is 1.38 bits per heavy atom. The van der Waals surface area contributed by atoms with Gasteiger partial charge in [-0.05, 0) is 30.5 Å². The minimum atomic E-state index is -3.30. The van der Waals surface area contributed by atoms with Gasteiger partial charge in [-0.3, -0.25) is 0 Å². The van der Waals surface area contributed by atoms with Gasteiger partial charge in [-0.15, -0.1) is 0 Å². The highest BCUT2D eigenvalue weighted by molar-refractivity contribution is 7.90. The summed E-state index contributed by atoms with van der Waals surface area (Å²) >= 11 is 0. The van der Waals surface area contributed by atoms with E-state index in [4.69, 9.17) is 10.00 Å². The van der Waals surface area contributed by atoms with Gasteiger partial charge in [0.15, 0.2) is 0 Å². The molecule has 1 aromatic rings. The van der Waals surface area contributed by atoms with Crippen LogP contribution < -0.4 is 4.72 Å². The van der Waals surface area contributed by atoms with Crippen LogP contribution in [0.2, 0.25) is 0 Å². The molecule has 0 amide bonds. The van der Waals surface area contributed by atoms with Crippen molar-refractivity contribution in [1.29, 1.82) is 5.26 Å². The predicted octanol–water partition coefficient (Wildman–Crippen LogP) is 1.45. The van der Waals surface area contributed by atoms with Crippen molar-refractivity contribution in [1.82, 2.24) is 4.72 Å². The molecule has 0 bridgehead atoms. The van der Waals surface area contributed by atoms with E-state index in [0.29, 0.717) is 38.2 Å². The van der Waals surface area contributed by atoms with Gasteiger partial charge in [-0.25, -0.2) is 13.1 Å². The van der Waals surface area contributed by atoms with E-state index in [1.165, 1.54) is 0 Å². The Morgan fingerprint density at radius 2 is 2.10 bits per heavy atom. The highest BCUT2D eigenvalue weighted by atomic mass is 32.2. The van der Waals surface area contributed by atoms with Crippen LogP contribution in [0.25, 0.3) is 0 Å². The summed E-state index contributed by atoms with van der Waals surface area (Å²) in [5.41, 5.74) is 1.64. The second-order valence-corrected chi connectivity index (χ2v) is 7.20. The van der Waals surface area contributed by atoms with Gasteiger partial charge >= 0.3 is 0 Å². The lowest BCUT2D eigenvalue weighted by Gasteiger charge is -2.31. The number of ether oxygens (including phenoxy) is 1. The fourth-order valence-electron chi connectivity index (χ4n) is 2.70. The fraction of sp³-hybridized carbons (Fsp3) is 0.533. The minimum Gasteiger partial charge on any atom is -0.381 e. The number of benzene rings is 1. The van der Waals surface area contributed by atoms with Gasteiger partial charge in [0.25, 0.3) is 0 Å². The van der Waals surface area contributed by atoms with Gasteiger partial charge in [0.2, 0.25) is 10.0 Å². The van der Waals surface area contributed by atoms with Crippen molar-refractivity contribution in [3.05, 3.63) is 35.4 Å². The molecule has 0 aromatic heterocycles. The molecule has 1 saturated heterocycles. The number of nitrogens with zero attached hydrogens (tertiary/aromatic N) is 1. The molecular weight excluding hydrogens is 288 g/mol. The SMILES string of the molecule is CCNS(=O)(=O)C1CCOCC1Cc1ccc(C#N)cc1. The molecule has 0 saturated carbocycles. The molecule has 0 aliphatic carbocycles. The standard InChI is InChI=1S/C15H20N2O3S/c1-2-17-21(18,19)15-7-8-20-11-14(15)9-12-3-5-13(10-16)6-4-12/h3-6,14-15,17H,2,7-9,11H2,1H3. The second-order valence-electron chi connectivity index (χ2n) is 5.22. The van der Waals surface area contributed by atoms with Gasteiger partial charge in [0.05, 0.1) is 23.5 Å². The predicted molar refractivity (Wildman–Crippen MR) is 80.2 cm³/mol. The summed E-state index contributed by atoms with van der Waals surface area (Å²) in [4.78, 5) is 0. The molecule has 1 fully saturated rings. The topological polar surface area (TPSA) is 79.2 Å². The summed E-state index contributed by atoms with van der Waals surface area (Å²) in [6, 6.07) is 9.35. The van der Waals surface area contributed by atoms with Crippen LogP contribution in [0.15, 0.2) is 24.3 Å². The van der Waals surface area contributed by atoms with Crippen molar-refractivity contribution in [2.45, 2.75) is 25.0 Å². The summed E-state index contributed by atoms with van der Waals surface area (Å²) in [7, 11) is -3.30. The van der Waals surface area contributed by atoms with E-state index in [-0.39, 0.29) is 5.92 Å². The molecule has 1 N–H and O–H groups in total. The lowest BCUT2D eigenvalue weighted by molar-refractivity contribution is 0.0570. The number of nitriles is 1. The zero-order chi connectivity index (χ0) is 15.3. The van der Waals surface area contributed by atoms with E-state index in [2.05, 4.69) is 10.8 Å². The molecule has 5 nitrogen and oxygen atoms in total. The normalized spacial score (nSPS) is 22.7. The maximum absolute atomic E-state index is 12.3. The molecule has 2 atom stereocenters. The number of hydrogen-bond acceptors (Lipinski definition) is 4. The third-order valence-corrected chi connectivity index (χ3v) is 5.84. The molecule has 1 heterocycles. The lowest BCUT2D eigenvalue weighted by Crippen LogP contribution is -2.44. The Balaban J connectivity index is 2.13. The molecule has 2 rings (SSSR count). The molecule has 2 unspecified atom stereocenters. The van der Waals surface area contributed by atoms with Crippen LogP contribution in [0.4, 0.5) is 0 Å². The van der Waals surface area contributed by atoms with Crippen LogP contribution in [0.1, 0.15) is 24.5 Å². The zero-order valence-electron chi connectivity index (χ0n) is 12.1. The Hall–Kier alpha value is -1.42. The molecular formula is C15H20N2O3S. The van der Waals surface area contributed by atoms with Crippen LogP contribution >= 0.6 is 0 Å². The van der Waals surface area contributed by atoms with Crippen LogP contribution in [-0.2, 0) is 21.2 Å². The van der Waals surface area contributed by atoms with Crippen LogP contribution in [0.3, 0.4) is 0 Å². The van der Waals surface area contributed by atoms with E-state index >= 15 is 0 Å². The van der Waals surface area contributed by atoms with Gasteiger partial charge in [0.1, 0.15) is 0 Å². The van der Waals surface area contributed by atoms with Crippen molar-refractivity contribution in [2.24, 2.45) is 5.92 Å². The van der Waals surface area contributed by atoms with Gasteiger partial charge in [0, 0.05) is 19.1 Å². The van der Waals surface area contributed by atoms with Gasteiger partial charge in [-0.2, -0.15) is 5.26 Å². The average molecular weight is 308 g/mol. The van der Waals surface area contributed by atoms with Crippen molar-refractivity contribution in [2.75, 3.05) is 19.8 Å². The van der Waals surface area contributed by atoms with Crippen molar-refractivity contribution < 1.29 is 13.2 Å². The third kappa shape index (κ3) is 4.03. The highest BCUT2D eigenvalue weighted by Crippen LogP contribution is 2.25. The quantitative estimate of drug-likeness (QED) is 0.893. The smallest absolute Gasteiger partial charge is 0.214 e. The minimum absolute atomic E-state index is 0.0595. The van der Waals surface area contributed by atoms with E-state index in [9.17, 15) is 8.42 Å². The summed E-state index contributed by atoms with van der Waals surface area (Å²) in [6.07, 6.45) is 1.16. The molecule has 0 radical (unpaired) electrons. The third-order valence-electron chi connectivity index (χ3n) is 3.73. The Morgan fingerprint density at radius 3 is 2.71 bits per heavy atom. The van der Waals surface area contributed by atoms with E-state index < -0.39 is 15.3 Å². The summed E-state index contributed by atoms with van der Waals surface area (Å²) in [5, 5.41) is 8.39. The molecule has 21 heavy (non-hydrogen) atoms. The van der Waals surface area contributed by atoms with Gasteiger partial charge in [-0.1, -0.05) is 19.1 Å². The van der Waals surface area contributed by atoms with Crippen molar-refractivity contribution in [3.8, 4) is 6.07 Å². The van der Waals surface area contributed by atoms with Crippen LogP contribution in [-0.4, -0.2) is 33.4 Å². The number of nitrogens with one attached hydrogen (secondary N) is 1. The molecule has 1 aromatic carbocycles.